The normalized spacial score (nSPS) is 12.1. The van der Waals surface area contributed by atoms with Gasteiger partial charge in [-0.1, -0.05) is 80.9 Å². The molecule has 0 aromatic heterocycles. The first-order valence-corrected chi connectivity index (χ1v) is 10.4. The summed E-state index contributed by atoms with van der Waals surface area (Å²) in [7, 11) is 0. The smallest absolute Gasteiger partial charge is 0.323 e. The number of nitrogens with zero attached hydrogens (tertiary/aromatic N) is 1. The fourth-order valence-corrected chi connectivity index (χ4v) is 3.06. The fraction of sp³-hybridized carbons (Fsp3) is 0.458. The minimum Gasteiger partial charge on any atom is -0.465 e. The molecule has 2 aromatic carbocycles. The molecule has 152 valence electrons. The molecule has 2 rings (SSSR count). The van der Waals surface area contributed by atoms with Crippen LogP contribution in [-0.4, -0.2) is 36.6 Å². The van der Waals surface area contributed by atoms with Crippen molar-refractivity contribution >= 4 is 5.97 Å². The zero-order valence-corrected chi connectivity index (χ0v) is 17.3. The Morgan fingerprint density at radius 3 is 2.25 bits per heavy atom. The van der Waals surface area contributed by atoms with Gasteiger partial charge in [0.15, 0.2) is 0 Å². The molecule has 0 bridgehead atoms. The number of benzene rings is 2. The molecule has 0 spiro atoms. The Kier molecular flexibility index (Phi) is 10.3. The Labute approximate surface area is 169 Å². The molecule has 0 fully saturated rings. The van der Waals surface area contributed by atoms with E-state index in [9.17, 15) is 4.79 Å². The van der Waals surface area contributed by atoms with Gasteiger partial charge in [-0.3, -0.25) is 9.69 Å². The van der Waals surface area contributed by atoms with Gasteiger partial charge < -0.3 is 10.1 Å². The van der Waals surface area contributed by atoms with Gasteiger partial charge in [0.1, 0.15) is 6.04 Å². The van der Waals surface area contributed by atoms with Crippen LogP contribution in [0.15, 0.2) is 60.7 Å². The Morgan fingerprint density at radius 1 is 1.00 bits per heavy atom. The molecule has 0 radical (unpaired) electrons. The first kappa shape index (κ1) is 22.1. The maximum atomic E-state index is 12.6. The van der Waals surface area contributed by atoms with Gasteiger partial charge in [-0.15, -0.1) is 0 Å². The molecule has 0 aliphatic heterocycles. The van der Waals surface area contributed by atoms with Crippen LogP contribution in [0.1, 0.15) is 44.2 Å². The van der Waals surface area contributed by atoms with E-state index in [4.69, 9.17) is 4.74 Å². The molecule has 0 aliphatic rings. The first-order chi connectivity index (χ1) is 13.7. The molecule has 0 saturated heterocycles. The highest BCUT2D eigenvalue weighted by atomic mass is 16.5. The molecule has 28 heavy (non-hydrogen) atoms. The molecule has 0 heterocycles. The Bertz CT molecular complexity index is 661. The highest BCUT2D eigenvalue weighted by Gasteiger charge is 2.20. The number of rotatable bonds is 13. The van der Waals surface area contributed by atoms with E-state index >= 15 is 0 Å². The van der Waals surface area contributed by atoms with Crippen LogP contribution in [-0.2, 0) is 22.6 Å². The van der Waals surface area contributed by atoms with Gasteiger partial charge in [0.25, 0.3) is 0 Å². The molecule has 0 amide bonds. The minimum atomic E-state index is -0.290. The van der Waals surface area contributed by atoms with Crippen LogP contribution in [0.3, 0.4) is 0 Å². The summed E-state index contributed by atoms with van der Waals surface area (Å²) in [6.45, 7) is 8.12. The highest BCUT2D eigenvalue weighted by molar-refractivity contribution is 5.75. The molecule has 0 aliphatic carbocycles. The number of carbonyl (C=O) groups is 1. The van der Waals surface area contributed by atoms with Crippen molar-refractivity contribution in [2.24, 2.45) is 0 Å². The third-order valence-electron chi connectivity index (χ3n) is 4.85. The van der Waals surface area contributed by atoms with Gasteiger partial charge in [0.2, 0.25) is 0 Å². The predicted octanol–water partition coefficient (Wildman–Crippen LogP) is 4.40. The van der Waals surface area contributed by atoms with Crippen molar-refractivity contribution in [1.29, 1.82) is 0 Å². The van der Waals surface area contributed by atoms with Gasteiger partial charge in [-0.25, -0.2) is 0 Å². The van der Waals surface area contributed by atoms with Gasteiger partial charge in [-0.05, 0) is 30.5 Å². The number of esters is 1. The minimum absolute atomic E-state index is 0.139. The van der Waals surface area contributed by atoms with Crippen molar-refractivity contribution in [2.75, 3.05) is 19.7 Å². The van der Waals surface area contributed by atoms with E-state index in [1.807, 2.05) is 24.3 Å². The van der Waals surface area contributed by atoms with Gasteiger partial charge in [0.05, 0.1) is 6.61 Å². The van der Waals surface area contributed by atoms with E-state index < -0.39 is 0 Å². The SMILES string of the molecule is CCCCOC(=O)C(CCN(CC)Cc1ccccc1)NCc1ccccc1. The summed E-state index contributed by atoms with van der Waals surface area (Å²) in [5.74, 6) is -0.139. The summed E-state index contributed by atoms with van der Waals surface area (Å²) >= 11 is 0. The van der Waals surface area contributed by atoms with Gasteiger partial charge in [-0.2, -0.15) is 0 Å². The molecule has 4 heteroatoms. The van der Waals surface area contributed by atoms with Crippen molar-refractivity contribution in [1.82, 2.24) is 10.2 Å². The molecular formula is C24H34N2O2. The van der Waals surface area contributed by atoms with Gasteiger partial charge >= 0.3 is 5.97 Å². The van der Waals surface area contributed by atoms with E-state index in [1.165, 1.54) is 11.1 Å². The maximum absolute atomic E-state index is 12.6. The Hall–Kier alpha value is -2.17. The van der Waals surface area contributed by atoms with Crippen LogP contribution >= 0.6 is 0 Å². The summed E-state index contributed by atoms with van der Waals surface area (Å²) < 4.78 is 5.50. The summed E-state index contributed by atoms with van der Waals surface area (Å²) in [6.07, 6.45) is 2.67. The molecule has 4 nitrogen and oxygen atoms in total. The van der Waals surface area contributed by atoms with E-state index in [-0.39, 0.29) is 12.0 Å². The lowest BCUT2D eigenvalue weighted by molar-refractivity contribution is -0.146. The molecular weight excluding hydrogens is 348 g/mol. The third-order valence-corrected chi connectivity index (χ3v) is 4.85. The zero-order chi connectivity index (χ0) is 20.0. The number of unbranched alkanes of at least 4 members (excludes halogenated alkanes) is 1. The fourth-order valence-electron chi connectivity index (χ4n) is 3.06. The topological polar surface area (TPSA) is 41.6 Å². The quantitative estimate of drug-likeness (QED) is 0.412. The van der Waals surface area contributed by atoms with Crippen LogP contribution in [0, 0.1) is 0 Å². The number of hydrogen-bond donors (Lipinski definition) is 1. The van der Waals surface area contributed by atoms with Crippen molar-refractivity contribution < 1.29 is 9.53 Å². The van der Waals surface area contributed by atoms with Crippen molar-refractivity contribution in [3.8, 4) is 0 Å². The van der Waals surface area contributed by atoms with Crippen LogP contribution in [0.4, 0.5) is 0 Å². The average molecular weight is 383 g/mol. The predicted molar refractivity (Wildman–Crippen MR) is 115 cm³/mol. The van der Waals surface area contributed by atoms with Crippen LogP contribution in [0.5, 0.6) is 0 Å². The second-order valence-electron chi connectivity index (χ2n) is 7.08. The first-order valence-electron chi connectivity index (χ1n) is 10.4. The molecule has 2 aromatic rings. The van der Waals surface area contributed by atoms with Gasteiger partial charge in [0, 0.05) is 19.6 Å². The zero-order valence-electron chi connectivity index (χ0n) is 17.3. The largest absolute Gasteiger partial charge is 0.465 e. The summed E-state index contributed by atoms with van der Waals surface area (Å²) in [5, 5.41) is 3.40. The lowest BCUT2D eigenvalue weighted by Gasteiger charge is -2.24. The second-order valence-corrected chi connectivity index (χ2v) is 7.08. The van der Waals surface area contributed by atoms with E-state index in [0.717, 1.165) is 38.9 Å². The summed E-state index contributed by atoms with van der Waals surface area (Å²) in [6, 6.07) is 20.4. The van der Waals surface area contributed by atoms with E-state index in [1.54, 1.807) is 0 Å². The Morgan fingerprint density at radius 2 is 1.64 bits per heavy atom. The standard InChI is InChI=1S/C24H34N2O2/c1-3-5-18-28-24(27)23(25-19-21-12-8-6-9-13-21)16-17-26(4-2)20-22-14-10-7-11-15-22/h6-15,23,25H,3-5,16-20H2,1-2H3. The van der Waals surface area contributed by atoms with E-state index in [2.05, 4.69) is 60.5 Å². The third kappa shape index (κ3) is 8.24. The monoisotopic (exact) mass is 382 g/mol. The molecule has 1 unspecified atom stereocenters. The molecule has 1 N–H and O–H groups in total. The number of ether oxygens (including phenoxy) is 1. The second kappa shape index (κ2) is 13.1. The lowest BCUT2D eigenvalue weighted by Crippen LogP contribution is -2.40. The van der Waals surface area contributed by atoms with Crippen molar-refractivity contribution in [3.63, 3.8) is 0 Å². The summed E-state index contributed by atoms with van der Waals surface area (Å²) in [5.41, 5.74) is 2.47. The highest BCUT2D eigenvalue weighted by Crippen LogP contribution is 2.08. The van der Waals surface area contributed by atoms with E-state index in [0.29, 0.717) is 13.2 Å². The van der Waals surface area contributed by atoms with Crippen molar-refractivity contribution in [2.45, 2.75) is 52.2 Å². The molecule has 1 atom stereocenters. The van der Waals surface area contributed by atoms with Crippen LogP contribution in [0.25, 0.3) is 0 Å². The number of hydrogen-bond acceptors (Lipinski definition) is 4. The Balaban J connectivity index is 1.91. The maximum Gasteiger partial charge on any atom is 0.323 e. The number of carbonyl (C=O) groups excluding carboxylic acids is 1. The lowest BCUT2D eigenvalue weighted by atomic mass is 10.1. The average Bonchev–Trinajstić information content (AvgIpc) is 2.74. The van der Waals surface area contributed by atoms with Crippen LogP contribution < -0.4 is 5.32 Å². The number of nitrogens with one attached hydrogen (secondary N) is 1. The summed E-state index contributed by atoms with van der Waals surface area (Å²) in [4.78, 5) is 15.0. The van der Waals surface area contributed by atoms with Crippen LogP contribution in [0.2, 0.25) is 0 Å². The van der Waals surface area contributed by atoms with Crippen molar-refractivity contribution in [3.05, 3.63) is 71.8 Å². The molecule has 0 saturated carbocycles.